The van der Waals surface area contributed by atoms with Gasteiger partial charge in [0.05, 0.1) is 5.71 Å². The molecule has 1 aromatic rings. The molecule has 0 atom stereocenters. The zero-order valence-electron chi connectivity index (χ0n) is 10.9. The fraction of sp³-hybridized carbons (Fsp3) is 0.429. The summed E-state index contributed by atoms with van der Waals surface area (Å²) in [6.45, 7) is 4.37. The van der Waals surface area contributed by atoms with Crippen molar-refractivity contribution >= 4 is 11.7 Å². The summed E-state index contributed by atoms with van der Waals surface area (Å²) < 4.78 is 0. The molecule has 2 rings (SSSR count). The van der Waals surface area contributed by atoms with Crippen molar-refractivity contribution in [1.29, 1.82) is 0 Å². The number of nitrogens with two attached hydrogens (primary N) is 2. The van der Waals surface area contributed by atoms with Gasteiger partial charge < -0.3 is 11.5 Å². The van der Waals surface area contributed by atoms with E-state index in [0.29, 0.717) is 11.8 Å². The molecule has 0 aromatic heterocycles. The van der Waals surface area contributed by atoms with Crippen molar-refractivity contribution in [2.24, 2.45) is 27.6 Å². The van der Waals surface area contributed by atoms with Crippen LogP contribution in [0.4, 0.5) is 0 Å². The first-order valence-electron chi connectivity index (χ1n) is 6.34. The minimum atomic E-state index is 0.00644. The molecule has 1 aliphatic carbocycles. The Bertz CT molecular complexity index is 463. The van der Waals surface area contributed by atoms with E-state index in [4.69, 9.17) is 11.5 Å². The Hall–Kier alpha value is -1.84. The van der Waals surface area contributed by atoms with Crippen LogP contribution in [-0.4, -0.2) is 11.7 Å². The average Bonchev–Trinajstić information content (AvgIpc) is 3.14. The summed E-state index contributed by atoms with van der Waals surface area (Å²) in [6, 6.07) is 8.50. The molecular weight excluding hydrogens is 224 g/mol. The Morgan fingerprint density at radius 1 is 1.11 bits per heavy atom. The van der Waals surface area contributed by atoms with Crippen molar-refractivity contribution in [3.63, 3.8) is 0 Å². The van der Waals surface area contributed by atoms with Gasteiger partial charge in [0.15, 0.2) is 0 Å². The van der Waals surface area contributed by atoms with Gasteiger partial charge in [-0.05, 0) is 29.9 Å². The van der Waals surface area contributed by atoms with Gasteiger partial charge in [0, 0.05) is 5.92 Å². The lowest BCUT2D eigenvalue weighted by Gasteiger charge is -2.08. The van der Waals surface area contributed by atoms with Gasteiger partial charge in [0.25, 0.3) is 0 Å². The molecule has 0 spiro atoms. The van der Waals surface area contributed by atoms with Crippen molar-refractivity contribution in [1.82, 2.24) is 0 Å². The largest absolute Gasteiger partial charge is 0.369 e. The summed E-state index contributed by atoms with van der Waals surface area (Å²) in [7, 11) is 0. The lowest BCUT2D eigenvalue weighted by atomic mass is 9.99. The Kier molecular flexibility index (Phi) is 3.65. The van der Waals surface area contributed by atoms with Gasteiger partial charge in [-0.3, -0.25) is 0 Å². The predicted molar refractivity (Wildman–Crippen MR) is 75.6 cm³/mol. The standard InChI is InChI=1S/C14H20N4/c1-9(2)10-3-5-11(6-4-10)13(12-7-8-12)17-18-14(15)16/h3-6,9,12H,7-8H2,1-2H3,(H4,15,16,18). The van der Waals surface area contributed by atoms with Crippen molar-refractivity contribution in [2.75, 3.05) is 0 Å². The number of nitrogens with zero attached hydrogens (tertiary/aromatic N) is 2. The van der Waals surface area contributed by atoms with Crippen LogP contribution in [0.2, 0.25) is 0 Å². The van der Waals surface area contributed by atoms with Gasteiger partial charge in [0.1, 0.15) is 0 Å². The van der Waals surface area contributed by atoms with Crippen LogP contribution >= 0.6 is 0 Å². The molecule has 1 aromatic carbocycles. The van der Waals surface area contributed by atoms with E-state index in [2.05, 4.69) is 48.3 Å². The molecule has 0 aliphatic heterocycles. The van der Waals surface area contributed by atoms with Crippen LogP contribution in [-0.2, 0) is 0 Å². The first-order chi connectivity index (χ1) is 8.58. The van der Waals surface area contributed by atoms with E-state index in [1.807, 2.05) is 0 Å². The number of hydrogen-bond donors (Lipinski definition) is 2. The second kappa shape index (κ2) is 5.21. The van der Waals surface area contributed by atoms with Crippen LogP contribution in [0.15, 0.2) is 34.5 Å². The van der Waals surface area contributed by atoms with E-state index in [-0.39, 0.29) is 5.96 Å². The zero-order chi connectivity index (χ0) is 13.1. The monoisotopic (exact) mass is 244 g/mol. The quantitative estimate of drug-likeness (QED) is 0.484. The minimum Gasteiger partial charge on any atom is -0.369 e. The second-order valence-electron chi connectivity index (χ2n) is 5.06. The maximum atomic E-state index is 5.32. The fourth-order valence-electron chi connectivity index (χ4n) is 1.88. The van der Waals surface area contributed by atoms with Crippen LogP contribution in [0.25, 0.3) is 0 Å². The molecule has 1 saturated carbocycles. The Labute approximate surface area is 108 Å². The van der Waals surface area contributed by atoms with Crippen LogP contribution in [0.5, 0.6) is 0 Å². The normalized spacial score (nSPS) is 15.8. The molecule has 0 amide bonds. The summed E-state index contributed by atoms with van der Waals surface area (Å²) in [4.78, 5) is 0. The molecule has 4 N–H and O–H groups in total. The van der Waals surface area contributed by atoms with Crippen molar-refractivity contribution in [3.05, 3.63) is 35.4 Å². The highest BCUT2D eigenvalue weighted by molar-refractivity contribution is 6.03. The predicted octanol–water partition coefficient (Wildman–Crippen LogP) is 2.20. The zero-order valence-corrected chi connectivity index (χ0v) is 10.9. The molecule has 0 bridgehead atoms. The summed E-state index contributed by atoms with van der Waals surface area (Å²) in [5, 5.41) is 7.96. The molecule has 4 nitrogen and oxygen atoms in total. The number of benzene rings is 1. The van der Waals surface area contributed by atoms with E-state index in [1.165, 1.54) is 18.4 Å². The first-order valence-corrected chi connectivity index (χ1v) is 6.34. The van der Waals surface area contributed by atoms with Crippen molar-refractivity contribution < 1.29 is 0 Å². The van der Waals surface area contributed by atoms with Gasteiger partial charge in [-0.25, -0.2) is 0 Å². The van der Waals surface area contributed by atoms with Gasteiger partial charge in [-0.15, -0.1) is 5.10 Å². The third kappa shape index (κ3) is 3.09. The van der Waals surface area contributed by atoms with E-state index in [1.54, 1.807) is 0 Å². The highest BCUT2D eigenvalue weighted by Gasteiger charge is 2.28. The second-order valence-corrected chi connectivity index (χ2v) is 5.06. The average molecular weight is 244 g/mol. The molecule has 0 unspecified atom stereocenters. The summed E-state index contributed by atoms with van der Waals surface area (Å²) in [5.74, 6) is 1.06. The Balaban J connectivity index is 2.26. The SMILES string of the molecule is CC(C)c1ccc(C(=NN=C(N)N)C2CC2)cc1. The summed E-state index contributed by atoms with van der Waals surface area (Å²) in [5.41, 5.74) is 14.1. The highest BCUT2D eigenvalue weighted by atomic mass is 15.3. The third-order valence-corrected chi connectivity index (χ3v) is 3.11. The van der Waals surface area contributed by atoms with Gasteiger partial charge in [-0.2, -0.15) is 5.10 Å². The summed E-state index contributed by atoms with van der Waals surface area (Å²) in [6.07, 6.45) is 2.34. The van der Waals surface area contributed by atoms with Crippen LogP contribution in [0.1, 0.15) is 43.7 Å². The molecule has 1 fully saturated rings. The van der Waals surface area contributed by atoms with Crippen LogP contribution < -0.4 is 11.5 Å². The topological polar surface area (TPSA) is 76.8 Å². The lowest BCUT2D eigenvalue weighted by molar-refractivity contribution is 0.866. The minimum absolute atomic E-state index is 0.00644. The van der Waals surface area contributed by atoms with Crippen molar-refractivity contribution in [3.8, 4) is 0 Å². The van der Waals surface area contributed by atoms with E-state index >= 15 is 0 Å². The smallest absolute Gasteiger partial charge is 0.211 e. The summed E-state index contributed by atoms with van der Waals surface area (Å²) >= 11 is 0. The number of hydrogen-bond acceptors (Lipinski definition) is 2. The highest BCUT2D eigenvalue weighted by Crippen LogP contribution is 2.33. The maximum absolute atomic E-state index is 5.32. The van der Waals surface area contributed by atoms with E-state index in [0.717, 1.165) is 11.3 Å². The molecule has 0 saturated heterocycles. The molecule has 96 valence electrons. The van der Waals surface area contributed by atoms with Crippen LogP contribution in [0.3, 0.4) is 0 Å². The maximum Gasteiger partial charge on any atom is 0.211 e. The Morgan fingerprint density at radius 2 is 1.72 bits per heavy atom. The van der Waals surface area contributed by atoms with Gasteiger partial charge in [0.2, 0.25) is 5.96 Å². The molecule has 18 heavy (non-hydrogen) atoms. The number of guanidine groups is 1. The van der Waals surface area contributed by atoms with Gasteiger partial charge in [-0.1, -0.05) is 38.1 Å². The molecule has 0 radical (unpaired) electrons. The van der Waals surface area contributed by atoms with E-state index in [9.17, 15) is 0 Å². The number of rotatable bonds is 4. The molecular formula is C14H20N4. The lowest BCUT2D eigenvalue weighted by Crippen LogP contribution is -2.22. The first kappa shape index (κ1) is 12.6. The van der Waals surface area contributed by atoms with Gasteiger partial charge >= 0.3 is 0 Å². The molecule has 1 aliphatic rings. The Morgan fingerprint density at radius 3 is 2.17 bits per heavy atom. The van der Waals surface area contributed by atoms with Crippen molar-refractivity contribution in [2.45, 2.75) is 32.6 Å². The molecule has 4 heteroatoms. The third-order valence-electron chi connectivity index (χ3n) is 3.11. The fourth-order valence-corrected chi connectivity index (χ4v) is 1.88. The van der Waals surface area contributed by atoms with E-state index < -0.39 is 0 Å². The molecule has 0 heterocycles. The van der Waals surface area contributed by atoms with Crippen LogP contribution in [0, 0.1) is 5.92 Å².